The van der Waals surface area contributed by atoms with Crippen molar-refractivity contribution in [2.75, 3.05) is 36.4 Å². The van der Waals surface area contributed by atoms with E-state index < -0.39 is 9.84 Å². The van der Waals surface area contributed by atoms with E-state index in [0.29, 0.717) is 35.0 Å². The van der Waals surface area contributed by atoms with Gasteiger partial charge in [-0.1, -0.05) is 0 Å². The van der Waals surface area contributed by atoms with Gasteiger partial charge in [0.1, 0.15) is 5.82 Å². The van der Waals surface area contributed by atoms with Crippen LogP contribution < -0.4 is 20.1 Å². The number of carbonyl (C=O) groups is 1. The monoisotopic (exact) mass is 391 g/mol. The van der Waals surface area contributed by atoms with Crippen molar-refractivity contribution in [2.24, 2.45) is 0 Å². The van der Waals surface area contributed by atoms with Crippen LogP contribution in [0.2, 0.25) is 0 Å². The zero-order chi connectivity index (χ0) is 19.4. The highest BCUT2D eigenvalue weighted by Crippen LogP contribution is 2.27. The van der Waals surface area contributed by atoms with E-state index in [2.05, 4.69) is 15.6 Å². The standard InChI is InChI=1S/C18H21N3O5S/c1-25-15-5-3-12(9-16(15)26-2)18(22)21-17-6-4-13(10-19-17)20-14-7-8-27(23,24)11-14/h3-6,9-10,14,20H,7-8,11H2,1-2H3,(H,19,21,22). The zero-order valence-corrected chi connectivity index (χ0v) is 15.9. The fraction of sp³-hybridized carbons (Fsp3) is 0.333. The summed E-state index contributed by atoms with van der Waals surface area (Å²) in [6, 6.07) is 8.18. The first-order valence-electron chi connectivity index (χ1n) is 8.36. The Bertz CT molecular complexity index is 929. The number of ether oxygens (including phenoxy) is 2. The highest BCUT2D eigenvalue weighted by atomic mass is 32.2. The van der Waals surface area contributed by atoms with Crippen LogP contribution in [0.4, 0.5) is 11.5 Å². The van der Waals surface area contributed by atoms with Crippen molar-refractivity contribution in [1.82, 2.24) is 4.98 Å². The molecule has 3 rings (SSSR count). The fourth-order valence-corrected chi connectivity index (χ4v) is 4.54. The molecule has 1 aliphatic heterocycles. The van der Waals surface area contributed by atoms with Gasteiger partial charge in [0.05, 0.1) is 37.6 Å². The minimum absolute atomic E-state index is 0.107. The first-order valence-corrected chi connectivity index (χ1v) is 10.2. The lowest BCUT2D eigenvalue weighted by Gasteiger charge is -2.13. The maximum absolute atomic E-state index is 12.4. The Kier molecular flexibility index (Phi) is 5.50. The summed E-state index contributed by atoms with van der Waals surface area (Å²) in [6.45, 7) is 0. The van der Waals surface area contributed by atoms with E-state index in [1.165, 1.54) is 14.2 Å². The number of anilines is 2. The van der Waals surface area contributed by atoms with Gasteiger partial charge in [-0.05, 0) is 36.8 Å². The van der Waals surface area contributed by atoms with Crippen molar-refractivity contribution in [3.8, 4) is 11.5 Å². The van der Waals surface area contributed by atoms with Crippen molar-refractivity contribution in [2.45, 2.75) is 12.5 Å². The highest BCUT2D eigenvalue weighted by molar-refractivity contribution is 7.91. The second kappa shape index (κ2) is 7.83. The molecular formula is C18H21N3O5S. The van der Waals surface area contributed by atoms with Gasteiger partial charge < -0.3 is 20.1 Å². The van der Waals surface area contributed by atoms with Gasteiger partial charge in [0.25, 0.3) is 5.91 Å². The largest absolute Gasteiger partial charge is 0.493 e. The summed E-state index contributed by atoms with van der Waals surface area (Å²) < 4.78 is 33.4. The summed E-state index contributed by atoms with van der Waals surface area (Å²) in [7, 11) is 0.0881. The Morgan fingerprint density at radius 2 is 1.93 bits per heavy atom. The molecule has 0 saturated carbocycles. The minimum Gasteiger partial charge on any atom is -0.493 e. The van der Waals surface area contributed by atoms with Gasteiger partial charge in [0, 0.05) is 11.6 Å². The van der Waals surface area contributed by atoms with Crippen molar-refractivity contribution in [3.63, 3.8) is 0 Å². The van der Waals surface area contributed by atoms with E-state index in [0.717, 1.165) is 0 Å². The number of carbonyl (C=O) groups excluding carboxylic acids is 1. The van der Waals surface area contributed by atoms with Crippen molar-refractivity contribution in [3.05, 3.63) is 42.1 Å². The lowest BCUT2D eigenvalue weighted by Crippen LogP contribution is -2.20. The number of rotatable bonds is 6. The predicted molar refractivity (Wildman–Crippen MR) is 102 cm³/mol. The molecule has 1 fully saturated rings. The van der Waals surface area contributed by atoms with Crippen molar-refractivity contribution < 1.29 is 22.7 Å². The zero-order valence-electron chi connectivity index (χ0n) is 15.1. The quantitative estimate of drug-likeness (QED) is 0.775. The first-order chi connectivity index (χ1) is 12.9. The van der Waals surface area contributed by atoms with Crippen LogP contribution in [0.25, 0.3) is 0 Å². The molecule has 8 nitrogen and oxygen atoms in total. The topological polar surface area (TPSA) is 107 Å². The van der Waals surface area contributed by atoms with Crippen LogP contribution in [0, 0.1) is 0 Å². The average molecular weight is 391 g/mol. The van der Waals surface area contributed by atoms with E-state index in [4.69, 9.17) is 9.47 Å². The van der Waals surface area contributed by atoms with Gasteiger partial charge in [-0.25, -0.2) is 13.4 Å². The number of pyridine rings is 1. The van der Waals surface area contributed by atoms with Crippen LogP contribution in [-0.2, 0) is 9.84 Å². The van der Waals surface area contributed by atoms with Gasteiger partial charge in [0.2, 0.25) is 0 Å². The Morgan fingerprint density at radius 3 is 2.52 bits per heavy atom. The van der Waals surface area contributed by atoms with Crippen LogP contribution in [0.1, 0.15) is 16.8 Å². The van der Waals surface area contributed by atoms with Crippen LogP contribution in [0.3, 0.4) is 0 Å². The summed E-state index contributed by atoms with van der Waals surface area (Å²) in [5, 5.41) is 5.86. The number of amides is 1. The van der Waals surface area contributed by atoms with Gasteiger partial charge >= 0.3 is 0 Å². The Hall–Kier alpha value is -2.81. The molecule has 0 aliphatic carbocycles. The SMILES string of the molecule is COc1ccc(C(=O)Nc2ccc(NC3CCS(=O)(=O)C3)cn2)cc1OC. The molecule has 1 atom stereocenters. The molecule has 27 heavy (non-hydrogen) atoms. The molecule has 2 N–H and O–H groups in total. The van der Waals surface area contributed by atoms with Gasteiger partial charge in [-0.3, -0.25) is 4.79 Å². The molecule has 0 spiro atoms. The summed E-state index contributed by atoms with van der Waals surface area (Å²) in [5.41, 5.74) is 1.12. The first kappa shape index (κ1) is 19.0. The molecule has 1 saturated heterocycles. The maximum Gasteiger partial charge on any atom is 0.256 e. The third kappa shape index (κ3) is 4.68. The van der Waals surface area contributed by atoms with Crippen LogP contribution in [0.15, 0.2) is 36.5 Å². The number of aromatic nitrogens is 1. The van der Waals surface area contributed by atoms with Gasteiger partial charge in [-0.15, -0.1) is 0 Å². The fourth-order valence-electron chi connectivity index (χ4n) is 2.86. The second-order valence-electron chi connectivity index (χ2n) is 6.20. The normalized spacial score (nSPS) is 17.9. The lowest BCUT2D eigenvalue weighted by atomic mass is 10.2. The second-order valence-corrected chi connectivity index (χ2v) is 8.43. The van der Waals surface area contributed by atoms with Crippen LogP contribution >= 0.6 is 0 Å². The third-order valence-electron chi connectivity index (χ3n) is 4.25. The van der Waals surface area contributed by atoms with Gasteiger partial charge in [-0.2, -0.15) is 0 Å². The summed E-state index contributed by atoms with van der Waals surface area (Å²) >= 11 is 0. The molecule has 9 heteroatoms. The lowest BCUT2D eigenvalue weighted by molar-refractivity contribution is 0.102. The maximum atomic E-state index is 12.4. The molecule has 2 heterocycles. The third-order valence-corrected chi connectivity index (χ3v) is 6.02. The summed E-state index contributed by atoms with van der Waals surface area (Å²) in [6.07, 6.45) is 2.15. The van der Waals surface area contributed by atoms with E-state index in [1.807, 2.05) is 0 Å². The number of hydrogen-bond donors (Lipinski definition) is 2. The molecule has 0 bridgehead atoms. The van der Waals surface area contributed by atoms with E-state index in [9.17, 15) is 13.2 Å². The Balaban J connectivity index is 1.63. The number of sulfone groups is 1. The van der Waals surface area contributed by atoms with Crippen molar-refractivity contribution in [1.29, 1.82) is 0 Å². The molecule has 0 radical (unpaired) electrons. The predicted octanol–water partition coefficient (Wildman–Crippen LogP) is 1.95. The summed E-state index contributed by atoms with van der Waals surface area (Å²) in [5.74, 6) is 1.40. The molecule has 2 aromatic rings. The van der Waals surface area contributed by atoms with Gasteiger partial charge in [0.15, 0.2) is 21.3 Å². The molecule has 1 aromatic carbocycles. The minimum atomic E-state index is -2.94. The Morgan fingerprint density at radius 1 is 1.15 bits per heavy atom. The molecule has 144 valence electrons. The molecular weight excluding hydrogens is 370 g/mol. The number of nitrogens with zero attached hydrogens (tertiary/aromatic N) is 1. The van der Waals surface area contributed by atoms with Crippen LogP contribution in [0.5, 0.6) is 11.5 Å². The molecule has 1 aliphatic rings. The van der Waals surface area contributed by atoms with Crippen molar-refractivity contribution >= 4 is 27.2 Å². The average Bonchev–Trinajstić information content (AvgIpc) is 3.01. The molecule has 1 aromatic heterocycles. The van der Waals surface area contributed by atoms with E-state index in [1.54, 1.807) is 36.5 Å². The highest BCUT2D eigenvalue weighted by Gasteiger charge is 2.27. The number of hydrogen-bond acceptors (Lipinski definition) is 7. The summed E-state index contributed by atoms with van der Waals surface area (Å²) in [4.78, 5) is 16.6. The van der Waals surface area contributed by atoms with E-state index >= 15 is 0 Å². The number of methoxy groups -OCH3 is 2. The Labute approximate surface area is 157 Å². The molecule has 1 amide bonds. The number of benzene rings is 1. The smallest absolute Gasteiger partial charge is 0.256 e. The van der Waals surface area contributed by atoms with Crippen LogP contribution in [-0.4, -0.2) is 51.1 Å². The number of nitrogens with one attached hydrogen (secondary N) is 2. The van der Waals surface area contributed by atoms with E-state index in [-0.39, 0.29) is 23.5 Å². The molecule has 1 unspecified atom stereocenters.